The Labute approximate surface area is 193 Å². The van der Waals surface area contributed by atoms with Gasteiger partial charge in [-0.05, 0) is 32.0 Å². The maximum atomic E-state index is 13.0. The number of Topliss-reactive ketones (excluding diaryl/α,β-unsaturated/α-hetero) is 1. The minimum absolute atomic E-state index is 0.0432. The summed E-state index contributed by atoms with van der Waals surface area (Å²) >= 11 is 2.91. The quantitative estimate of drug-likeness (QED) is 0.311. The number of carbonyl (C=O) groups excluding carboxylic acids is 1. The molecule has 1 atom stereocenters. The van der Waals surface area contributed by atoms with Crippen molar-refractivity contribution in [1.29, 1.82) is 0 Å². The number of thioether (sulfide) groups is 1. The van der Waals surface area contributed by atoms with E-state index >= 15 is 0 Å². The number of hydrogen-bond donors (Lipinski definition) is 0. The summed E-state index contributed by atoms with van der Waals surface area (Å²) in [5.74, 6) is 2.38. The highest BCUT2D eigenvalue weighted by Crippen LogP contribution is 2.36. The van der Waals surface area contributed by atoms with E-state index < -0.39 is 0 Å². The number of ether oxygens (including phenoxy) is 2. The molecule has 32 heavy (non-hydrogen) atoms. The van der Waals surface area contributed by atoms with Gasteiger partial charge >= 0.3 is 0 Å². The van der Waals surface area contributed by atoms with Crippen LogP contribution in [0.3, 0.4) is 0 Å². The first-order valence-electron chi connectivity index (χ1n) is 10.1. The van der Waals surface area contributed by atoms with E-state index in [0.717, 1.165) is 22.3 Å². The molecule has 0 spiro atoms. The highest BCUT2D eigenvalue weighted by atomic mass is 32.2. The van der Waals surface area contributed by atoms with E-state index in [4.69, 9.17) is 9.47 Å². The summed E-state index contributed by atoms with van der Waals surface area (Å²) in [6, 6.07) is 9.48. The number of ketones is 1. The minimum atomic E-state index is -0.357. The largest absolute Gasteiger partial charge is 0.485 e. The third-order valence-corrected chi connectivity index (χ3v) is 7.12. The van der Waals surface area contributed by atoms with E-state index in [2.05, 4.69) is 15.2 Å². The number of aryl methyl sites for hydroxylation is 1. The van der Waals surface area contributed by atoms with Gasteiger partial charge in [-0.3, -0.25) is 9.36 Å². The van der Waals surface area contributed by atoms with Crippen LogP contribution in [-0.4, -0.2) is 42.5 Å². The lowest BCUT2D eigenvalue weighted by Crippen LogP contribution is -2.24. The molecule has 10 heteroatoms. The fraction of sp³-hybridized carbons (Fsp3) is 0.273. The molecule has 4 aromatic rings. The van der Waals surface area contributed by atoms with Crippen LogP contribution in [0.25, 0.3) is 5.13 Å². The maximum absolute atomic E-state index is 13.0. The summed E-state index contributed by atoms with van der Waals surface area (Å²) in [6.45, 7) is 4.29. The van der Waals surface area contributed by atoms with Crippen LogP contribution < -0.4 is 9.47 Å². The van der Waals surface area contributed by atoms with Crippen LogP contribution in [0.5, 0.6) is 11.5 Å². The molecule has 5 rings (SSSR count). The van der Waals surface area contributed by atoms with Crippen molar-refractivity contribution < 1.29 is 14.3 Å². The lowest BCUT2D eigenvalue weighted by Gasteiger charge is -2.25. The van der Waals surface area contributed by atoms with Gasteiger partial charge in [0.2, 0.25) is 0 Å². The lowest BCUT2D eigenvalue weighted by molar-refractivity contribution is 0.0825. The summed E-state index contributed by atoms with van der Waals surface area (Å²) in [6.07, 6.45) is 1.41. The molecule has 1 aromatic carbocycles. The Hall–Kier alpha value is -3.11. The topological polar surface area (TPSA) is 84.1 Å². The standard InChI is InChI=1S/C22H21N5O3S2/c1-13-10-15(14(2)27(13)21-23-8-9-31-21)16(28)12-32-22-25-24-20(26(22)3)19-11-29-17-6-4-5-7-18(17)30-19/h4-10,19H,11-12H2,1-3H3/t19-/m1/s1. The monoisotopic (exact) mass is 467 g/mol. The van der Waals surface area contributed by atoms with Gasteiger partial charge in [0.25, 0.3) is 0 Å². The van der Waals surface area contributed by atoms with Gasteiger partial charge in [0, 0.05) is 35.6 Å². The van der Waals surface area contributed by atoms with Gasteiger partial charge in [0.15, 0.2) is 39.5 Å². The number of carbonyl (C=O) groups is 1. The van der Waals surface area contributed by atoms with Gasteiger partial charge < -0.3 is 14.0 Å². The average molecular weight is 468 g/mol. The summed E-state index contributed by atoms with van der Waals surface area (Å²) in [5, 5.41) is 12.0. The van der Waals surface area contributed by atoms with Gasteiger partial charge in [-0.25, -0.2) is 4.98 Å². The second kappa shape index (κ2) is 8.44. The normalized spacial score (nSPS) is 15.2. The van der Waals surface area contributed by atoms with Crippen LogP contribution in [-0.2, 0) is 7.05 Å². The number of rotatable bonds is 6. The Bertz CT molecular complexity index is 1280. The lowest BCUT2D eigenvalue weighted by atomic mass is 10.2. The molecule has 0 unspecified atom stereocenters. The average Bonchev–Trinajstić information content (AvgIpc) is 3.51. The van der Waals surface area contributed by atoms with Gasteiger partial charge in [0.1, 0.15) is 6.61 Å². The summed E-state index contributed by atoms with van der Waals surface area (Å²) < 4.78 is 15.7. The second-order valence-electron chi connectivity index (χ2n) is 7.41. The van der Waals surface area contributed by atoms with Crippen LogP contribution in [0.2, 0.25) is 0 Å². The Balaban J connectivity index is 1.29. The van der Waals surface area contributed by atoms with Crippen molar-refractivity contribution in [2.75, 3.05) is 12.4 Å². The molecule has 3 aromatic heterocycles. The highest BCUT2D eigenvalue weighted by molar-refractivity contribution is 7.99. The van der Waals surface area contributed by atoms with Crippen LogP contribution in [0.4, 0.5) is 0 Å². The van der Waals surface area contributed by atoms with Gasteiger partial charge in [-0.2, -0.15) is 0 Å². The van der Waals surface area contributed by atoms with E-state index in [1.807, 2.05) is 65.7 Å². The van der Waals surface area contributed by atoms with Gasteiger partial charge in [0.05, 0.1) is 5.75 Å². The molecule has 0 bridgehead atoms. The van der Waals surface area contributed by atoms with E-state index in [0.29, 0.717) is 28.9 Å². The number of nitrogens with zero attached hydrogens (tertiary/aromatic N) is 5. The Kier molecular flexibility index (Phi) is 5.48. The van der Waals surface area contributed by atoms with Crippen LogP contribution in [0.15, 0.2) is 47.1 Å². The van der Waals surface area contributed by atoms with Gasteiger partial charge in [-0.1, -0.05) is 23.9 Å². The Morgan fingerprint density at radius 3 is 2.84 bits per heavy atom. The van der Waals surface area contributed by atoms with Crippen molar-refractivity contribution in [2.45, 2.75) is 25.1 Å². The van der Waals surface area contributed by atoms with Crippen LogP contribution >= 0.6 is 23.1 Å². The third kappa shape index (κ3) is 3.69. The van der Waals surface area contributed by atoms with Crippen LogP contribution in [0.1, 0.15) is 33.7 Å². The second-order valence-corrected chi connectivity index (χ2v) is 9.23. The van der Waals surface area contributed by atoms with Crippen LogP contribution in [0, 0.1) is 13.8 Å². The maximum Gasteiger partial charge on any atom is 0.193 e. The smallest absolute Gasteiger partial charge is 0.193 e. The van der Waals surface area contributed by atoms with Crippen molar-refractivity contribution in [3.63, 3.8) is 0 Å². The minimum Gasteiger partial charge on any atom is -0.485 e. The molecule has 1 aliphatic rings. The molecular formula is C22H21N5O3S2. The SMILES string of the molecule is Cc1cc(C(=O)CSc2nnc([C@H]3COc4ccccc4O3)n2C)c(C)n1-c1nccs1. The molecule has 164 valence electrons. The number of benzene rings is 1. The first-order valence-corrected chi connectivity index (χ1v) is 11.9. The zero-order valence-electron chi connectivity index (χ0n) is 17.8. The fourth-order valence-electron chi connectivity index (χ4n) is 3.75. The molecule has 0 fully saturated rings. The summed E-state index contributed by atoms with van der Waals surface area (Å²) in [4.78, 5) is 17.3. The first kappa shape index (κ1) is 20.8. The van der Waals surface area contributed by atoms with E-state index in [-0.39, 0.29) is 17.6 Å². The van der Waals surface area contributed by atoms with Crippen molar-refractivity contribution >= 4 is 28.9 Å². The number of para-hydroxylation sites is 2. The molecule has 4 heterocycles. The Morgan fingerprint density at radius 1 is 1.25 bits per heavy atom. The number of hydrogen-bond acceptors (Lipinski definition) is 8. The molecule has 8 nitrogen and oxygen atoms in total. The van der Waals surface area contributed by atoms with Crippen molar-refractivity contribution in [3.8, 4) is 16.6 Å². The molecule has 0 N–H and O–H groups in total. The third-order valence-electron chi connectivity index (χ3n) is 5.34. The molecular weight excluding hydrogens is 446 g/mol. The number of aromatic nitrogens is 5. The molecule has 0 saturated heterocycles. The van der Waals surface area contributed by atoms with Gasteiger partial charge in [-0.15, -0.1) is 21.5 Å². The molecule has 1 aliphatic heterocycles. The Morgan fingerprint density at radius 2 is 2.06 bits per heavy atom. The molecule has 0 radical (unpaired) electrons. The fourth-order valence-corrected chi connectivity index (χ4v) is 5.31. The van der Waals surface area contributed by atoms with E-state index in [9.17, 15) is 4.79 Å². The first-order chi connectivity index (χ1) is 15.5. The van der Waals surface area contributed by atoms with E-state index in [1.54, 1.807) is 17.5 Å². The zero-order valence-corrected chi connectivity index (χ0v) is 19.4. The van der Waals surface area contributed by atoms with E-state index in [1.165, 1.54) is 11.8 Å². The molecule has 0 amide bonds. The highest BCUT2D eigenvalue weighted by Gasteiger charge is 2.28. The van der Waals surface area contributed by atoms with Crippen molar-refractivity contribution in [1.82, 2.24) is 24.3 Å². The van der Waals surface area contributed by atoms with Crippen molar-refractivity contribution in [2.24, 2.45) is 7.05 Å². The predicted molar refractivity (Wildman–Crippen MR) is 122 cm³/mol. The zero-order chi connectivity index (χ0) is 22.2. The molecule has 0 aliphatic carbocycles. The summed E-state index contributed by atoms with van der Waals surface area (Å²) in [5.41, 5.74) is 2.59. The predicted octanol–water partition coefficient (Wildman–Crippen LogP) is 4.17. The molecule has 0 saturated carbocycles. The number of fused-ring (bicyclic) bond motifs is 1. The number of thiazole rings is 1. The summed E-state index contributed by atoms with van der Waals surface area (Å²) in [7, 11) is 1.88. The van der Waals surface area contributed by atoms with Crippen molar-refractivity contribution in [3.05, 3.63) is 64.7 Å².